The molecule has 0 saturated heterocycles. The Morgan fingerprint density at radius 3 is 2.39 bits per heavy atom. The lowest BCUT2D eigenvalue weighted by molar-refractivity contribution is -0.385. The minimum absolute atomic E-state index is 0.0331. The molecule has 0 saturated carbocycles. The molecule has 0 spiro atoms. The summed E-state index contributed by atoms with van der Waals surface area (Å²) in [6.07, 6.45) is 1.42. The zero-order chi connectivity index (χ0) is 24.0. The van der Waals surface area contributed by atoms with Crippen molar-refractivity contribution in [2.24, 2.45) is 5.10 Å². The fraction of sp³-hybridized carbons (Fsp3) is 0.0952. The molecule has 0 aromatic heterocycles. The largest absolute Gasteiger partial charge is 0.497 e. The summed E-state index contributed by atoms with van der Waals surface area (Å²) < 4.78 is 38.8. The maximum absolute atomic E-state index is 13.0. The number of anilines is 2. The van der Waals surface area contributed by atoms with E-state index in [2.05, 4.69) is 15.2 Å². The van der Waals surface area contributed by atoms with Gasteiger partial charge in [-0.15, -0.1) is 0 Å². The van der Waals surface area contributed by atoms with Crippen LogP contribution in [0, 0.1) is 10.1 Å². The Labute approximate surface area is 195 Å². The molecular weight excluding hydrogens is 472 g/mol. The first-order chi connectivity index (χ1) is 15.7. The number of ether oxygens (including phenoxy) is 2. The molecule has 0 amide bonds. The van der Waals surface area contributed by atoms with Crippen molar-refractivity contribution in [3.8, 4) is 11.5 Å². The molecule has 10 nitrogen and oxygen atoms in total. The van der Waals surface area contributed by atoms with Crippen molar-refractivity contribution in [1.82, 2.24) is 0 Å². The van der Waals surface area contributed by atoms with E-state index in [1.165, 1.54) is 56.8 Å². The van der Waals surface area contributed by atoms with Crippen molar-refractivity contribution in [2.75, 3.05) is 24.4 Å². The van der Waals surface area contributed by atoms with Crippen molar-refractivity contribution < 1.29 is 22.8 Å². The van der Waals surface area contributed by atoms with E-state index in [0.717, 1.165) is 6.07 Å². The number of sulfonamides is 1. The summed E-state index contributed by atoms with van der Waals surface area (Å²) >= 11 is 5.83. The normalized spacial score (nSPS) is 11.2. The van der Waals surface area contributed by atoms with Gasteiger partial charge < -0.3 is 9.47 Å². The van der Waals surface area contributed by atoms with E-state index in [1.54, 1.807) is 18.2 Å². The van der Waals surface area contributed by atoms with E-state index in [0.29, 0.717) is 22.1 Å². The van der Waals surface area contributed by atoms with Crippen molar-refractivity contribution >= 4 is 44.9 Å². The lowest BCUT2D eigenvalue weighted by atomic mass is 10.2. The lowest BCUT2D eigenvalue weighted by Crippen LogP contribution is -2.15. The fourth-order valence-corrected chi connectivity index (χ4v) is 4.13. The lowest BCUT2D eigenvalue weighted by Gasteiger charge is -2.12. The topological polar surface area (TPSA) is 132 Å². The van der Waals surface area contributed by atoms with Gasteiger partial charge in [0.25, 0.3) is 15.7 Å². The highest BCUT2D eigenvalue weighted by Gasteiger charge is 2.22. The molecule has 0 atom stereocenters. The first-order valence-electron chi connectivity index (χ1n) is 9.31. The number of halogens is 1. The minimum Gasteiger partial charge on any atom is -0.497 e. The van der Waals surface area contributed by atoms with Crippen LogP contribution in [-0.2, 0) is 10.0 Å². The second kappa shape index (κ2) is 10.2. The molecule has 3 rings (SSSR count). The van der Waals surface area contributed by atoms with Crippen LogP contribution in [0.25, 0.3) is 0 Å². The molecule has 3 aromatic carbocycles. The van der Waals surface area contributed by atoms with Gasteiger partial charge in [-0.05, 0) is 42.5 Å². The maximum atomic E-state index is 13.0. The number of nitrogens with zero attached hydrogens (tertiary/aromatic N) is 2. The van der Waals surface area contributed by atoms with E-state index in [9.17, 15) is 18.5 Å². The molecule has 12 heteroatoms. The summed E-state index contributed by atoms with van der Waals surface area (Å²) in [5.74, 6) is 1.08. The number of nitro groups is 1. The predicted molar refractivity (Wildman–Crippen MR) is 126 cm³/mol. The van der Waals surface area contributed by atoms with E-state index in [4.69, 9.17) is 21.1 Å². The number of hydrogen-bond acceptors (Lipinski definition) is 8. The van der Waals surface area contributed by atoms with Crippen LogP contribution in [0.5, 0.6) is 11.5 Å². The van der Waals surface area contributed by atoms with E-state index in [-0.39, 0.29) is 16.3 Å². The van der Waals surface area contributed by atoms with Crippen LogP contribution < -0.4 is 19.6 Å². The molecular formula is C21H19ClN4O6S. The summed E-state index contributed by atoms with van der Waals surface area (Å²) in [5.41, 5.74) is 3.10. The molecule has 2 N–H and O–H groups in total. The van der Waals surface area contributed by atoms with Crippen molar-refractivity contribution in [1.29, 1.82) is 0 Å². The molecule has 0 unspecified atom stereocenters. The molecule has 0 aliphatic heterocycles. The standard InChI is InChI=1S/C21H19ClN4O6S/c1-31-18-9-3-14(20(12-18)32-2)13-23-24-19-10-8-17(26(27)28)11-21(19)33(29,30)25-16-6-4-15(22)5-7-16/h3-13,24-25H,1-2H3. The molecule has 3 aromatic rings. The average Bonchev–Trinajstić information content (AvgIpc) is 2.80. The van der Waals surface area contributed by atoms with Crippen LogP contribution in [0.2, 0.25) is 5.02 Å². The monoisotopic (exact) mass is 490 g/mol. The Hall–Kier alpha value is -3.83. The highest BCUT2D eigenvalue weighted by atomic mass is 35.5. The maximum Gasteiger partial charge on any atom is 0.270 e. The number of non-ortho nitro benzene ring substituents is 1. The number of nitrogens with one attached hydrogen (secondary N) is 2. The van der Waals surface area contributed by atoms with Crippen LogP contribution in [0.15, 0.2) is 70.7 Å². The summed E-state index contributed by atoms with van der Waals surface area (Å²) in [6.45, 7) is 0. The average molecular weight is 491 g/mol. The van der Waals surface area contributed by atoms with Crippen LogP contribution >= 0.6 is 11.6 Å². The molecule has 0 radical (unpaired) electrons. The first kappa shape index (κ1) is 23.8. The summed E-state index contributed by atoms with van der Waals surface area (Å²) in [5, 5.41) is 15.7. The smallest absolute Gasteiger partial charge is 0.270 e. The van der Waals surface area contributed by atoms with Crippen molar-refractivity contribution in [3.05, 3.63) is 81.4 Å². The second-order valence-corrected chi connectivity index (χ2v) is 8.62. The van der Waals surface area contributed by atoms with Crippen LogP contribution in [-0.4, -0.2) is 33.8 Å². The van der Waals surface area contributed by atoms with E-state index < -0.39 is 20.6 Å². The minimum atomic E-state index is -4.20. The highest BCUT2D eigenvalue weighted by Crippen LogP contribution is 2.29. The number of hydrazone groups is 1. The van der Waals surface area contributed by atoms with Gasteiger partial charge in [0.2, 0.25) is 0 Å². The number of hydrogen-bond donors (Lipinski definition) is 2. The van der Waals surface area contributed by atoms with Gasteiger partial charge in [0.05, 0.1) is 31.0 Å². The van der Waals surface area contributed by atoms with Gasteiger partial charge in [0.1, 0.15) is 16.4 Å². The van der Waals surface area contributed by atoms with Crippen molar-refractivity contribution in [2.45, 2.75) is 4.90 Å². The van der Waals surface area contributed by atoms with E-state index >= 15 is 0 Å². The summed E-state index contributed by atoms with van der Waals surface area (Å²) in [7, 11) is -1.19. The molecule has 0 fully saturated rings. The van der Waals surface area contributed by atoms with Gasteiger partial charge >= 0.3 is 0 Å². The van der Waals surface area contributed by atoms with Gasteiger partial charge in [-0.3, -0.25) is 20.3 Å². The van der Waals surface area contributed by atoms with Crippen LogP contribution in [0.4, 0.5) is 17.1 Å². The van der Waals surface area contributed by atoms with Crippen molar-refractivity contribution in [3.63, 3.8) is 0 Å². The van der Waals surface area contributed by atoms with Gasteiger partial charge in [0, 0.05) is 34.5 Å². The number of rotatable bonds is 9. The number of benzene rings is 3. The Kier molecular flexibility index (Phi) is 7.36. The fourth-order valence-electron chi connectivity index (χ4n) is 2.76. The predicted octanol–water partition coefficient (Wildman–Crippen LogP) is 4.51. The summed E-state index contributed by atoms with van der Waals surface area (Å²) in [4.78, 5) is 10.2. The molecule has 33 heavy (non-hydrogen) atoms. The van der Waals surface area contributed by atoms with Gasteiger partial charge in [-0.1, -0.05) is 11.6 Å². The molecule has 0 aliphatic carbocycles. The summed E-state index contributed by atoms with van der Waals surface area (Å²) in [6, 6.07) is 14.4. The third-order valence-corrected chi connectivity index (χ3v) is 6.06. The number of methoxy groups -OCH3 is 2. The molecule has 0 aliphatic rings. The third kappa shape index (κ3) is 5.90. The zero-order valence-corrected chi connectivity index (χ0v) is 19.1. The quantitative estimate of drug-likeness (QED) is 0.256. The SMILES string of the molecule is COc1ccc(C=NNc2ccc([N+](=O)[O-])cc2S(=O)(=O)Nc2ccc(Cl)cc2)c(OC)c1. The van der Waals surface area contributed by atoms with Crippen LogP contribution in [0.1, 0.15) is 5.56 Å². The van der Waals surface area contributed by atoms with Gasteiger partial charge in [-0.25, -0.2) is 8.42 Å². The Balaban J connectivity index is 1.93. The second-order valence-electron chi connectivity index (χ2n) is 6.53. The molecule has 0 bridgehead atoms. The van der Waals surface area contributed by atoms with Gasteiger partial charge in [0.15, 0.2) is 0 Å². The Morgan fingerprint density at radius 1 is 1.03 bits per heavy atom. The third-order valence-electron chi connectivity index (χ3n) is 4.39. The van der Waals surface area contributed by atoms with Gasteiger partial charge in [-0.2, -0.15) is 5.10 Å². The Morgan fingerprint density at radius 2 is 1.76 bits per heavy atom. The van der Waals surface area contributed by atoms with Crippen LogP contribution in [0.3, 0.4) is 0 Å². The Bertz CT molecular complexity index is 1300. The molecule has 172 valence electrons. The zero-order valence-electron chi connectivity index (χ0n) is 17.5. The number of nitro benzene ring substituents is 1. The first-order valence-corrected chi connectivity index (χ1v) is 11.2. The highest BCUT2D eigenvalue weighted by molar-refractivity contribution is 7.92. The molecule has 0 heterocycles. The van der Waals surface area contributed by atoms with E-state index in [1.807, 2.05) is 0 Å².